The third-order valence-electron chi connectivity index (χ3n) is 7.30. The highest BCUT2D eigenvalue weighted by Crippen LogP contribution is 2.43. The standard InChI is InChI=1S/C32H40FN3O5/c1-31(2,3)41-29(30(38)39)27-26(20-37)35-19-24(28(27)36-15-13-32(4,5)14-16-36)25-11-10-23(18-34-25)40-17-12-21-6-8-22(33)9-7-21/h6-11,18-19,29,37H,12-17,20H2,1-5H3,(H,38,39). The largest absolute Gasteiger partial charge is 0.492 e. The van der Waals surface area contributed by atoms with Crippen LogP contribution in [0.15, 0.2) is 48.8 Å². The molecule has 0 spiro atoms. The highest BCUT2D eigenvalue weighted by Gasteiger charge is 2.36. The molecule has 1 fully saturated rings. The van der Waals surface area contributed by atoms with Crippen molar-refractivity contribution in [3.8, 4) is 17.0 Å². The molecule has 1 aromatic carbocycles. The first kappa shape index (κ1) is 30.4. The summed E-state index contributed by atoms with van der Waals surface area (Å²) >= 11 is 0. The molecule has 1 aliphatic heterocycles. The van der Waals surface area contributed by atoms with Crippen molar-refractivity contribution >= 4 is 11.7 Å². The molecule has 2 N–H and O–H groups in total. The summed E-state index contributed by atoms with van der Waals surface area (Å²) in [5, 5.41) is 20.5. The predicted octanol–water partition coefficient (Wildman–Crippen LogP) is 5.96. The normalized spacial score (nSPS) is 15.9. The van der Waals surface area contributed by atoms with E-state index in [1.54, 1.807) is 45.3 Å². The molecule has 3 heterocycles. The van der Waals surface area contributed by atoms with E-state index in [0.29, 0.717) is 54.4 Å². The fourth-order valence-corrected chi connectivity index (χ4v) is 4.97. The average Bonchev–Trinajstić information content (AvgIpc) is 2.92. The van der Waals surface area contributed by atoms with Crippen LogP contribution in [-0.4, -0.2) is 51.4 Å². The van der Waals surface area contributed by atoms with Gasteiger partial charge in [0.15, 0.2) is 6.10 Å². The van der Waals surface area contributed by atoms with Crippen molar-refractivity contribution in [2.24, 2.45) is 5.41 Å². The Bertz CT molecular complexity index is 1330. The minimum atomic E-state index is -1.33. The molecule has 1 saturated heterocycles. The lowest BCUT2D eigenvalue weighted by atomic mass is 9.82. The van der Waals surface area contributed by atoms with Crippen LogP contribution in [0.2, 0.25) is 0 Å². The van der Waals surface area contributed by atoms with Crippen LogP contribution in [0.3, 0.4) is 0 Å². The van der Waals surface area contributed by atoms with Gasteiger partial charge in [-0.25, -0.2) is 9.18 Å². The van der Waals surface area contributed by atoms with Gasteiger partial charge < -0.3 is 24.6 Å². The van der Waals surface area contributed by atoms with Crippen molar-refractivity contribution in [2.45, 2.75) is 72.2 Å². The van der Waals surface area contributed by atoms with E-state index in [-0.39, 0.29) is 16.9 Å². The minimum absolute atomic E-state index is 0.170. The molecular weight excluding hydrogens is 525 g/mol. The number of aliphatic carboxylic acids is 1. The first-order valence-electron chi connectivity index (χ1n) is 14.0. The van der Waals surface area contributed by atoms with Gasteiger partial charge in [-0.1, -0.05) is 26.0 Å². The second-order valence-corrected chi connectivity index (χ2v) is 12.2. The molecule has 1 atom stereocenters. The number of aromatic nitrogens is 2. The molecule has 220 valence electrons. The van der Waals surface area contributed by atoms with Crippen molar-refractivity contribution in [3.05, 3.63) is 71.4 Å². The van der Waals surface area contributed by atoms with Gasteiger partial charge in [0.1, 0.15) is 11.6 Å². The minimum Gasteiger partial charge on any atom is -0.492 e. The highest BCUT2D eigenvalue weighted by atomic mass is 19.1. The number of aliphatic hydroxyl groups excluding tert-OH is 1. The second-order valence-electron chi connectivity index (χ2n) is 12.2. The molecule has 8 nitrogen and oxygen atoms in total. The van der Waals surface area contributed by atoms with Crippen molar-refractivity contribution in [2.75, 3.05) is 24.6 Å². The van der Waals surface area contributed by atoms with E-state index in [2.05, 4.69) is 28.7 Å². The Labute approximate surface area is 241 Å². The third-order valence-corrected chi connectivity index (χ3v) is 7.30. The summed E-state index contributed by atoms with van der Waals surface area (Å²) in [6.07, 6.45) is 4.42. The molecular formula is C32H40FN3O5. The number of halogens is 1. The van der Waals surface area contributed by atoms with Crippen LogP contribution in [-0.2, 0) is 22.6 Å². The van der Waals surface area contributed by atoms with Gasteiger partial charge in [0.25, 0.3) is 0 Å². The number of hydrogen-bond acceptors (Lipinski definition) is 7. The van der Waals surface area contributed by atoms with Crippen LogP contribution in [0.4, 0.5) is 10.1 Å². The Morgan fingerprint density at radius 1 is 1.07 bits per heavy atom. The summed E-state index contributed by atoms with van der Waals surface area (Å²) in [6.45, 7) is 11.3. The van der Waals surface area contributed by atoms with Gasteiger partial charge >= 0.3 is 5.97 Å². The first-order valence-corrected chi connectivity index (χ1v) is 14.0. The van der Waals surface area contributed by atoms with Gasteiger partial charge in [-0.2, -0.15) is 0 Å². The summed E-state index contributed by atoms with van der Waals surface area (Å²) in [4.78, 5) is 23.9. The monoisotopic (exact) mass is 565 g/mol. The van der Waals surface area contributed by atoms with E-state index >= 15 is 0 Å². The van der Waals surface area contributed by atoms with E-state index in [9.17, 15) is 19.4 Å². The number of anilines is 1. The Morgan fingerprint density at radius 2 is 1.76 bits per heavy atom. The second kappa shape index (κ2) is 12.5. The zero-order valence-corrected chi connectivity index (χ0v) is 24.5. The smallest absolute Gasteiger partial charge is 0.337 e. The molecule has 41 heavy (non-hydrogen) atoms. The maximum atomic E-state index is 13.2. The lowest BCUT2D eigenvalue weighted by Gasteiger charge is -2.40. The number of benzene rings is 1. The number of pyridine rings is 2. The number of carboxylic acids is 1. The van der Waals surface area contributed by atoms with Crippen molar-refractivity contribution < 1.29 is 28.9 Å². The van der Waals surface area contributed by atoms with Gasteiger partial charge in [0.05, 0.1) is 42.1 Å². The van der Waals surface area contributed by atoms with Crippen molar-refractivity contribution in [1.29, 1.82) is 0 Å². The van der Waals surface area contributed by atoms with Crippen LogP contribution in [0.1, 0.15) is 70.4 Å². The molecule has 4 rings (SSSR count). The van der Waals surface area contributed by atoms with Crippen LogP contribution >= 0.6 is 0 Å². The van der Waals surface area contributed by atoms with E-state index in [4.69, 9.17) is 9.47 Å². The zero-order chi connectivity index (χ0) is 29.8. The Balaban J connectivity index is 1.70. The SMILES string of the molecule is CC1(C)CCN(c2c(-c3ccc(OCCc4ccc(F)cc4)cn3)cnc(CO)c2C(OC(C)(C)C)C(=O)O)CC1. The molecule has 0 saturated carbocycles. The van der Waals surface area contributed by atoms with Crippen LogP contribution in [0, 0.1) is 11.2 Å². The number of carbonyl (C=O) groups is 1. The van der Waals surface area contributed by atoms with Crippen molar-refractivity contribution in [1.82, 2.24) is 9.97 Å². The molecule has 2 aromatic heterocycles. The molecule has 3 aromatic rings. The molecule has 0 aliphatic carbocycles. The van der Waals surface area contributed by atoms with Crippen molar-refractivity contribution in [3.63, 3.8) is 0 Å². The van der Waals surface area contributed by atoms with Crippen LogP contribution < -0.4 is 9.64 Å². The van der Waals surface area contributed by atoms with Gasteiger partial charge in [-0.3, -0.25) is 9.97 Å². The Morgan fingerprint density at radius 3 is 2.32 bits per heavy atom. The molecule has 1 unspecified atom stereocenters. The quantitative estimate of drug-likeness (QED) is 0.310. The first-order chi connectivity index (χ1) is 19.4. The molecule has 0 radical (unpaired) electrons. The van der Waals surface area contributed by atoms with Gasteiger partial charge in [0, 0.05) is 36.8 Å². The summed E-state index contributed by atoms with van der Waals surface area (Å²) in [6, 6.07) is 9.96. The number of rotatable bonds is 10. The fourth-order valence-electron chi connectivity index (χ4n) is 4.97. The summed E-state index contributed by atoms with van der Waals surface area (Å²) < 4.78 is 25.1. The topological polar surface area (TPSA) is 105 Å². The van der Waals surface area contributed by atoms with E-state index in [1.807, 2.05) is 12.1 Å². The third kappa shape index (κ3) is 7.80. The average molecular weight is 566 g/mol. The van der Waals surface area contributed by atoms with E-state index < -0.39 is 24.3 Å². The van der Waals surface area contributed by atoms with Gasteiger partial charge in [-0.05, 0) is 68.9 Å². The Hall–Kier alpha value is -3.56. The number of hydrogen-bond donors (Lipinski definition) is 2. The maximum Gasteiger partial charge on any atom is 0.337 e. The molecule has 9 heteroatoms. The lowest BCUT2D eigenvalue weighted by Crippen LogP contribution is -2.39. The molecule has 0 bridgehead atoms. The summed E-state index contributed by atoms with van der Waals surface area (Å²) in [5.41, 5.74) is 2.96. The van der Waals surface area contributed by atoms with E-state index in [0.717, 1.165) is 18.4 Å². The number of piperidine rings is 1. The molecule has 1 aliphatic rings. The van der Waals surface area contributed by atoms with Crippen LogP contribution in [0.5, 0.6) is 5.75 Å². The van der Waals surface area contributed by atoms with Gasteiger partial charge in [-0.15, -0.1) is 0 Å². The predicted molar refractivity (Wildman–Crippen MR) is 155 cm³/mol. The maximum absolute atomic E-state index is 13.2. The number of ether oxygens (including phenoxy) is 2. The molecule has 0 amide bonds. The number of aliphatic hydroxyl groups is 1. The Kier molecular flexibility index (Phi) is 9.29. The summed E-state index contributed by atoms with van der Waals surface area (Å²) in [5.74, 6) is -0.840. The lowest BCUT2D eigenvalue weighted by molar-refractivity contribution is -0.160. The fraction of sp³-hybridized carbons (Fsp3) is 0.469. The summed E-state index contributed by atoms with van der Waals surface area (Å²) in [7, 11) is 0. The van der Waals surface area contributed by atoms with Gasteiger partial charge in [0.2, 0.25) is 0 Å². The zero-order valence-electron chi connectivity index (χ0n) is 24.5. The van der Waals surface area contributed by atoms with Crippen LogP contribution in [0.25, 0.3) is 11.3 Å². The van der Waals surface area contributed by atoms with E-state index in [1.165, 1.54) is 12.1 Å². The number of carboxylic acid groups (broad SMARTS) is 1. The number of nitrogens with zero attached hydrogens (tertiary/aromatic N) is 3. The highest BCUT2D eigenvalue weighted by molar-refractivity contribution is 5.85.